The molecule has 0 bridgehead atoms. The molecule has 1 fully saturated rings. The second kappa shape index (κ2) is 7.48. The minimum atomic E-state index is -0.0558. The van der Waals surface area contributed by atoms with Gasteiger partial charge in [0.2, 0.25) is 5.91 Å². The van der Waals surface area contributed by atoms with Crippen LogP contribution in [0, 0.1) is 17.2 Å². The number of aromatic nitrogens is 2. The highest BCUT2D eigenvalue weighted by atomic mass is 32.2. The van der Waals surface area contributed by atoms with Crippen LogP contribution in [0.1, 0.15) is 13.8 Å². The average Bonchev–Trinajstić information content (AvgIpc) is 2.99. The number of imidazole rings is 1. The van der Waals surface area contributed by atoms with Crippen molar-refractivity contribution in [1.82, 2.24) is 19.8 Å². The molecule has 0 aromatic carbocycles. The largest absolute Gasteiger partial charge is 0.340 e. The number of hydrogen-bond donors (Lipinski definition) is 1. The molecule has 2 heterocycles. The molecule has 1 aromatic rings. The molecule has 2 rings (SSSR count). The number of nitrogens with zero attached hydrogens (tertiary/aromatic N) is 4. The first kappa shape index (κ1) is 15.9. The van der Waals surface area contributed by atoms with Crippen molar-refractivity contribution in [2.75, 3.05) is 31.9 Å². The molecule has 7 heteroatoms. The zero-order valence-electron chi connectivity index (χ0n) is 12.5. The standard InChI is InChI=1S/C14H21N5OS/c1-11(2)12(9-15)18-5-7-19(8-6-18)13(20)10-21-14-16-3-4-17-14/h3-4,11-12H,5-8,10H2,1-2H3,(H,16,17)/t12-/m1/s1. The molecule has 6 nitrogen and oxygen atoms in total. The first-order valence-electron chi connectivity index (χ1n) is 7.15. The number of piperazine rings is 1. The summed E-state index contributed by atoms with van der Waals surface area (Å²) in [5, 5.41) is 10.00. The fourth-order valence-electron chi connectivity index (χ4n) is 2.45. The fourth-order valence-corrected chi connectivity index (χ4v) is 3.18. The number of hydrogen-bond acceptors (Lipinski definition) is 5. The Morgan fingerprint density at radius 1 is 1.48 bits per heavy atom. The lowest BCUT2D eigenvalue weighted by Crippen LogP contribution is -2.53. The van der Waals surface area contributed by atoms with Gasteiger partial charge in [-0.05, 0) is 5.92 Å². The van der Waals surface area contributed by atoms with Gasteiger partial charge in [-0.3, -0.25) is 9.69 Å². The van der Waals surface area contributed by atoms with Gasteiger partial charge in [0.1, 0.15) is 6.04 Å². The number of nitrogens with one attached hydrogen (secondary N) is 1. The van der Waals surface area contributed by atoms with Gasteiger partial charge in [0.15, 0.2) is 5.16 Å². The van der Waals surface area contributed by atoms with Crippen molar-refractivity contribution < 1.29 is 4.79 Å². The molecule has 0 radical (unpaired) electrons. The molecular formula is C14H21N5OS. The van der Waals surface area contributed by atoms with Crippen LogP contribution in [-0.2, 0) is 4.79 Å². The van der Waals surface area contributed by atoms with Crippen LogP contribution in [0.15, 0.2) is 17.6 Å². The molecule has 0 unspecified atom stereocenters. The summed E-state index contributed by atoms with van der Waals surface area (Å²) in [6.45, 7) is 7.06. The van der Waals surface area contributed by atoms with Crippen LogP contribution < -0.4 is 0 Å². The minimum Gasteiger partial charge on any atom is -0.340 e. The highest BCUT2D eigenvalue weighted by molar-refractivity contribution is 7.99. The van der Waals surface area contributed by atoms with E-state index < -0.39 is 0 Å². The van der Waals surface area contributed by atoms with E-state index in [1.54, 1.807) is 12.4 Å². The molecule has 1 saturated heterocycles. The van der Waals surface area contributed by atoms with Crippen molar-refractivity contribution in [3.05, 3.63) is 12.4 Å². The number of carbonyl (C=O) groups is 1. The number of H-pyrrole nitrogens is 1. The van der Waals surface area contributed by atoms with Gasteiger partial charge in [0.25, 0.3) is 0 Å². The van der Waals surface area contributed by atoms with E-state index in [0.717, 1.165) is 18.2 Å². The van der Waals surface area contributed by atoms with E-state index in [9.17, 15) is 10.1 Å². The smallest absolute Gasteiger partial charge is 0.233 e. The number of nitriles is 1. The van der Waals surface area contributed by atoms with Gasteiger partial charge in [-0.2, -0.15) is 5.26 Å². The Balaban J connectivity index is 1.78. The molecule has 0 spiro atoms. The van der Waals surface area contributed by atoms with Gasteiger partial charge in [-0.15, -0.1) is 0 Å². The Labute approximate surface area is 129 Å². The van der Waals surface area contributed by atoms with Gasteiger partial charge in [0, 0.05) is 38.6 Å². The van der Waals surface area contributed by atoms with Gasteiger partial charge >= 0.3 is 0 Å². The van der Waals surface area contributed by atoms with Gasteiger partial charge in [-0.1, -0.05) is 25.6 Å². The summed E-state index contributed by atoms with van der Waals surface area (Å²) < 4.78 is 0. The van der Waals surface area contributed by atoms with Crippen LogP contribution in [-0.4, -0.2) is 63.6 Å². The topological polar surface area (TPSA) is 76.0 Å². The predicted octanol–water partition coefficient (Wildman–Crippen LogP) is 1.19. The number of rotatable bonds is 5. The second-order valence-electron chi connectivity index (χ2n) is 5.42. The monoisotopic (exact) mass is 307 g/mol. The molecule has 1 aliphatic rings. The summed E-state index contributed by atoms with van der Waals surface area (Å²) in [5.74, 6) is 0.847. The molecule has 21 heavy (non-hydrogen) atoms. The third kappa shape index (κ3) is 4.22. The van der Waals surface area contributed by atoms with E-state index in [0.29, 0.717) is 24.8 Å². The van der Waals surface area contributed by atoms with Gasteiger partial charge < -0.3 is 9.88 Å². The number of aromatic amines is 1. The molecule has 114 valence electrons. The van der Waals surface area contributed by atoms with E-state index in [2.05, 4.69) is 34.8 Å². The lowest BCUT2D eigenvalue weighted by Gasteiger charge is -2.38. The van der Waals surface area contributed by atoms with Crippen LogP contribution in [0.25, 0.3) is 0 Å². The Hall–Kier alpha value is -1.52. The summed E-state index contributed by atoms with van der Waals surface area (Å²) in [5.41, 5.74) is 0. The van der Waals surface area contributed by atoms with Crippen LogP contribution in [0.4, 0.5) is 0 Å². The normalized spacial score (nSPS) is 17.7. The van der Waals surface area contributed by atoms with E-state index >= 15 is 0 Å². The number of carbonyl (C=O) groups excluding carboxylic acids is 1. The highest BCUT2D eigenvalue weighted by Crippen LogP contribution is 2.16. The Bertz CT molecular complexity index is 488. The average molecular weight is 307 g/mol. The van der Waals surface area contributed by atoms with Crippen molar-refractivity contribution in [2.45, 2.75) is 25.0 Å². The lowest BCUT2D eigenvalue weighted by molar-refractivity contribution is -0.130. The Kier molecular flexibility index (Phi) is 5.65. The fraction of sp³-hybridized carbons (Fsp3) is 0.643. The second-order valence-corrected chi connectivity index (χ2v) is 6.38. The van der Waals surface area contributed by atoms with Crippen LogP contribution in [0.5, 0.6) is 0 Å². The lowest BCUT2D eigenvalue weighted by atomic mass is 10.0. The third-order valence-corrected chi connectivity index (χ3v) is 4.52. The first-order valence-corrected chi connectivity index (χ1v) is 8.14. The maximum absolute atomic E-state index is 12.2. The van der Waals surface area contributed by atoms with Crippen LogP contribution >= 0.6 is 11.8 Å². The molecule has 1 aliphatic heterocycles. The molecule has 1 aromatic heterocycles. The van der Waals surface area contributed by atoms with Crippen molar-refractivity contribution >= 4 is 17.7 Å². The summed E-state index contributed by atoms with van der Waals surface area (Å²) in [6, 6.07) is 2.31. The van der Waals surface area contributed by atoms with Crippen molar-refractivity contribution in [1.29, 1.82) is 5.26 Å². The number of amides is 1. The van der Waals surface area contributed by atoms with Crippen LogP contribution in [0.3, 0.4) is 0 Å². The van der Waals surface area contributed by atoms with Gasteiger partial charge in [-0.25, -0.2) is 4.98 Å². The van der Waals surface area contributed by atoms with Crippen molar-refractivity contribution in [2.24, 2.45) is 5.92 Å². The van der Waals surface area contributed by atoms with Crippen molar-refractivity contribution in [3.63, 3.8) is 0 Å². The molecule has 1 N–H and O–H groups in total. The molecular weight excluding hydrogens is 286 g/mol. The summed E-state index contributed by atoms with van der Waals surface area (Å²) in [4.78, 5) is 23.3. The molecule has 0 saturated carbocycles. The minimum absolute atomic E-state index is 0.0558. The summed E-state index contributed by atoms with van der Waals surface area (Å²) in [6.07, 6.45) is 3.43. The van der Waals surface area contributed by atoms with E-state index in [4.69, 9.17) is 0 Å². The highest BCUT2D eigenvalue weighted by Gasteiger charge is 2.27. The number of thioether (sulfide) groups is 1. The first-order chi connectivity index (χ1) is 10.1. The molecule has 1 atom stereocenters. The third-order valence-electron chi connectivity index (χ3n) is 3.63. The SMILES string of the molecule is CC(C)[C@@H](C#N)N1CCN(C(=O)CSc2ncc[nH]2)CC1. The predicted molar refractivity (Wildman–Crippen MR) is 81.7 cm³/mol. The van der Waals surface area contributed by atoms with E-state index in [1.807, 2.05) is 4.90 Å². The maximum atomic E-state index is 12.2. The van der Waals surface area contributed by atoms with Crippen LogP contribution in [0.2, 0.25) is 0 Å². The Morgan fingerprint density at radius 3 is 2.71 bits per heavy atom. The summed E-state index contributed by atoms with van der Waals surface area (Å²) >= 11 is 1.42. The quantitative estimate of drug-likeness (QED) is 0.827. The molecule has 0 aliphatic carbocycles. The zero-order chi connectivity index (χ0) is 15.2. The zero-order valence-corrected chi connectivity index (χ0v) is 13.3. The van der Waals surface area contributed by atoms with Gasteiger partial charge in [0.05, 0.1) is 11.8 Å². The van der Waals surface area contributed by atoms with E-state index in [-0.39, 0.29) is 11.9 Å². The Morgan fingerprint density at radius 2 is 2.19 bits per heavy atom. The molecule has 1 amide bonds. The maximum Gasteiger partial charge on any atom is 0.233 e. The van der Waals surface area contributed by atoms with E-state index in [1.165, 1.54) is 11.8 Å². The van der Waals surface area contributed by atoms with Crippen molar-refractivity contribution in [3.8, 4) is 6.07 Å². The summed E-state index contributed by atoms with van der Waals surface area (Å²) in [7, 11) is 0.